The maximum Gasteiger partial charge on any atom is 0.338 e. The Balaban J connectivity index is 1.32. The highest BCUT2D eigenvalue weighted by atomic mass is 32.2. The normalized spacial score (nSPS) is 23.5. The second kappa shape index (κ2) is 13.8. The van der Waals surface area contributed by atoms with Crippen molar-refractivity contribution in [2.45, 2.75) is 61.9 Å². The minimum atomic E-state index is -3.91. The van der Waals surface area contributed by atoms with Gasteiger partial charge in [0, 0.05) is 26.2 Å². The van der Waals surface area contributed by atoms with Crippen LogP contribution in [-0.4, -0.2) is 107 Å². The van der Waals surface area contributed by atoms with Crippen molar-refractivity contribution < 1.29 is 50.2 Å². The summed E-state index contributed by atoms with van der Waals surface area (Å²) in [4.78, 5) is 37.3. The molecule has 0 N–H and O–H groups in total. The number of ether oxygens (including phenoxy) is 4. The number of Topliss-reactive ketones (excluding diaryl/α,β-unsaturated/α-hetero) is 1. The Hall–Kier alpha value is -3.21. The minimum absolute atomic E-state index is 0.0766. The maximum absolute atomic E-state index is 13.1. The molecule has 2 aliphatic heterocycles. The molecule has 0 saturated carbocycles. The predicted molar refractivity (Wildman–Crippen MR) is 156 cm³/mol. The van der Waals surface area contributed by atoms with Crippen LogP contribution in [0.3, 0.4) is 0 Å². The Morgan fingerprint density at radius 3 is 1.34 bits per heavy atom. The van der Waals surface area contributed by atoms with E-state index in [-0.39, 0.29) is 71.5 Å². The number of ketones is 1. The number of esters is 2. The van der Waals surface area contributed by atoms with Crippen molar-refractivity contribution in [1.29, 1.82) is 0 Å². The van der Waals surface area contributed by atoms with Crippen molar-refractivity contribution in [1.82, 2.24) is 8.61 Å². The number of rotatable bonds is 10. The summed E-state index contributed by atoms with van der Waals surface area (Å²) in [5.74, 6) is -2.61. The van der Waals surface area contributed by atoms with Gasteiger partial charge in [0.25, 0.3) is 0 Å². The van der Waals surface area contributed by atoms with E-state index < -0.39 is 51.0 Å². The van der Waals surface area contributed by atoms with Crippen molar-refractivity contribution in [2.24, 2.45) is 0 Å². The summed E-state index contributed by atoms with van der Waals surface area (Å²) in [6, 6.07) is 10.6. The molecule has 0 aliphatic carbocycles. The van der Waals surface area contributed by atoms with Crippen LogP contribution in [0.1, 0.15) is 48.4 Å². The molecule has 0 amide bonds. The average Bonchev–Trinajstić information content (AvgIpc) is 2.97. The highest BCUT2D eigenvalue weighted by Gasteiger charge is 2.34. The molecule has 0 bridgehead atoms. The van der Waals surface area contributed by atoms with E-state index in [1.54, 1.807) is 27.7 Å². The molecule has 44 heavy (non-hydrogen) atoms. The van der Waals surface area contributed by atoms with E-state index in [0.717, 1.165) is 0 Å². The Kier molecular flexibility index (Phi) is 10.6. The fraction of sp³-hybridized carbons (Fsp3) is 0.483. The van der Waals surface area contributed by atoms with Gasteiger partial charge >= 0.3 is 11.9 Å². The van der Waals surface area contributed by atoms with Crippen molar-refractivity contribution >= 4 is 37.8 Å². The molecule has 4 rings (SSSR count). The zero-order chi connectivity index (χ0) is 32.2. The first-order chi connectivity index (χ1) is 20.7. The van der Waals surface area contributed by atoms with Gasteiger partial charge in [0.05, 0.1) is 45.3 Å². The van der Waals surface area contributed by atoms with E-state index >= 15 is 0 Å². The number of carbonyl (C=O) groups excluding carboxylic acids is 3. The monoisotopic (exact) mass is 652 g/mol. The third-order valence-electron chi connectivity index (χ3n) is 6.92. The van der Waals surface area contributed by atoms with Gasteiger partial charge in [-0.3, -0.25) is 4.79 Å². The lowest BCUT2D eigenvalue weighted by Crippen LogP contribution is -2.48. The summed E-state index contributed by atoms with van der Waals surface area (Å²) in [6.45, 7) is 6.30. The fourth-order valence-electron chi connectivity index (χ4n) is 5.02. The third kappa shape index (κ3) is 8.08. The molecule has 0 spiro atoms. The van der Waals surface area contributed by atoms with Crippen LogP contribution in [0.2, 0.25) is 0 Å². The first-order valence-electron chi connectivity index (χ1n) is 14.0. The van der Waals surface area contributed by atoms with Gasteiger partial charge < -0.3 is 18.9 Å². The Labute approximate surface area is 257 Å². The zero-order valence-corrected chi connectivity index (χ0v) is 26.5. The summed E-state index contributed by atoms with van der Waals surface area (Å²) in [5, 5.41) is 0. The molecule has 240 valence electrons. The molecule has 2 heterocycles. The predicted octanol–water partition coefficient (Wildman–Crippen LogP) is 1.87. The molecule has 2 aliphatic rings. The molecule has 2 aromatic carbocycles. The van der Waals surface area contributed by atoms with Crippen LogP contribution < -0.4 is 0 Å². The molecule has 0 unspecified atom stereocenters. The van der Waals surface area contributed by atoms with Crippen molar-refractivity contribution in [3.05, 3.63) is 59.7 Å². The molecule has 2 saturated heterocycles. The summed E-state index contributed by atoms with van der Waals surface area (Å²) in [6.07, 6.45) is -1.16. The molecule has 0 radical (unpaired) electrons. The molecule has 13 nitrogen and oxygen atoms in total. The molecule has 15 heteroatoms. The van der Waals surface area contributed by atoms with Crippen LogP contribution in [0.15, 0.2) is 58.3 Å². The maximum atomic E-state index is 13.1. The van der Waals surface area contributed by atoms with E-state index in [2.05, 4.69) is 0 Å². The first kappa shape index (κ1) is 33.7. The molecule has 2 fully saturated rings. The van der Waals surface area contributed by atoms with Crippen LogP contribution >= 0.6 is 0 Å². The van der Waals surface area contributed by atoms with Crippen LogP contribution in [0, 0.1) is 0 Å². The number of carbonyl (C=O) groups is 3. The van der Waals surface area contributed by atoms with Gasteiger partial charge in [-0.1, -0.05) is 12.1 Å². The van der Waals surface area contributed by atoms with Crippen LogP contribution in [-0.2, 0) is 43.8 Å². The quantitative estimate of drug-likeness (QED) is 0.344. The number of hydrogen-bond acceptors (Lipinski definition) is 11. The topological polar surface area (TPSA) is 163 Å². The summed E-state index contributed by atoms with van der Waals surface area (Å²) < 4.78 is 76.4. The van der Waals surface area contributed by atoms with E-state index in [4.69, 9.17) is 18.9 Å². The fourth-order valence-corrected chi connectivity index (χ4v) is 8.29. The van der Waals surface area contributed by atoms with Gasteiger partial charge in [0.1, 0.15) is 0 Å². The number of morpholine rings is 2. The second-order valence-electron chi connectivity index (χ2n) is 10.9. The van der Waals surface area contributed by atoms with Crippen LogP contribution in [0.25, 0.3) is 0 Å². The van der Waals surface area contributed by atoms with E-state index in [9.17, 15) is 31.2 Å². The molecule has 4 atom stereocenters. The highest BCUT2D eigenvalue weighted by molar-refractivity contribution is 7.89. The van der Waals surface area contributed by atoms with Gasteiger partial charge in [-0.05, 0) is 64.1 Å². The second-order valence-corrected chi connectivity index (χ2v) is 14.8. The van der Waals surface area contributed by atoms with E-state index in [1.807, 2.05) is 0 Å². The van der Waals surface area contributed by atoms with E-state index in [0.29, 0.717) is 0 Å². The summed E-state index contributed by atoms with van der Waals surface area (Å²) >= 11 is 0. The van der Waals surface area contributed by atoms with Gasteiger partial charge in [-0.15, -0.1) is 0 Å². The highest BCUT2D eigenvalue weighted by Crippen LogP contribution is 2.24. The summed E-state index contributed by atoms with van der Waals surface area (Å²) in [7, 11) is -7.82. The molecule has 2 aromatic rings. The van der Waals surface area contributed by atoms with Crippen LogP contribution in [0.5, 0.6) is 0 Å². The van der Waals surface area contributed by atoms with Gasteiger partial charge in [0.2, 0.25) is 25.8 Å². The lowest BCUT2D eigenvalue weighted by molar-refractivity contribution is -0.125. The number of benzene rings is 2. The van der Waals surface area contributed by atoms with Crippen molar-refractivity contribution in [3.63, 3.8) is 0 Å². The SMILES string of the molecule is C[C@@H]1CN(S(=O)(=O)c2cccc(C(=O)OCC(=O)COC(=O)c3cccc(S(=O)(=O)N4C[C@H](C)O[C@@H](C)C4)c3)c2)C[C@@H](C)O1. The lowest BCUT2D eigenvalue weighted by atomic mass is 10.2. The molecular formula is C29H36N2O11S2. The molecular weight excluding hydrogens is 616 g/mol. The van der Waals surface area contributed by atoms with Gasteiger partial charge in [-0.25, -0.2) is 26.4 Å². The van der Waals surface area contributed by atoms with Gasteiger partial charge in [-0.2, -0.15) is 8.61 Å². The number of hydrogen-bond donors (Lipinski definition) is 0. The van der Waals surface area contributed by atoms with Gasteiger partial charge in [0.15, 0.2) is 13.2 Å². The lowest BCUT2D eigenvalue weighted by Gasteiger charge is -2.34. The van der Waals surface area contributed by atoms with E-state index in [1.165, 1.54) is 57.1 Å². The number of sulfonamides is 2. The van der Waals surface area contributed by atoms with Crippen molar-refractivity contribution in [3.8, 4) is 0 Å². The van der Waals surface area contributed by atoms with Crippen LogP contribution in [0.4, 0.5) is 0 Å². The Bertz CT molecular complexity index is 1470. The van der Waals surface area contributed by atoms with Crippen molar-refractivity contribution in [2.75, 3.05) is 39.4 Å². The standard InChI is InChI=1S/C29H36N2O11S2/c1-19-13-30(14-20(2)41-19)43(35,36)26-9-5-7-23(11-26)28(33)39-17-25(32)18-40-29(34)24-8-6-10-27(12-24)44(37,38)31-15-21(3)42-22(4)16-31/h5-12,19-22H,13-18H2,1-4H3/t19-,20-,21+,22+. The Morgan fingerprint density at radius 2 is 1.00 bits per heavy atom. The third-order valence-corrected chi connectivity index (χ3v) is 10.6. The largest absolute Gasteiger partial charge is 0.454 e. The molecule has 0 aromatic heterocycles. The smallest absolute Gasteiger partial charge is 0.338 e. The zero-order valence-electron chi connectivity index (χ0n) is 24.9. The Morgan fingerprint density at radius 1 is 0.659 bits per heavy atom. The average molecular weight is 653 g/mol. The minimum Gasteiger partial charge on any atom is -0.454 e. The summed E-state index contributed by atoms with van der Waals surface area (Å²) in [5.41, 5.74) is -0.153. The number of nitrogens with zero attached hydrogens (tertiary/aromatic N) is 2. The first-order valence-corrected chi connectivity index (χ1v) is 16.9.